The highest BCUT2D eigenvalue weighted by Crippen LogP contribution is 2.26. The minimum absolute atomic E-state index is 0.335. The summed E-state index contributed by atoms with van der Waals surface area (Å²) in [5.74, 6) is 0. The highest BCUT2D eigenvalue weighted by molar-refractivity contribution is 7.90. The Morgan fingerprint density at radius 1 is 1.11 bits per heavy atom. The molecular formula is C12H14N2O4S. The van der Waals surface area contributed by atoms with Gasteiger partial charge in [0.15, 0.2) is 4.90 Å². The van der Waals surface area contributed by atoms with Gasteiger partial charge >= 0.3 is 0 Å². The van der Waals surface area contributed by atoms with Gasteiger partial charge in [-0.05, 0) is 31.7 Å². The van der Waals surface area contributed by atoms with Crippen LogP contribution in [-0.2, 0) is 10.0 Å². The van der Waals surface area contributed by atoms with Crippen LogP contribution < -0.4 is 0 Å². The van der Waals surface area contributed by atoms with E-state index in [1.807, 2.05) is 0 Å². The summed E-state index contributed by atoms with van der Waals surface area (Å²) in [6.07, 6.45) is 4.22. The van der Waals surface area contributed by atoms with Crippen molar-refractivity contribution in [1.82, 2.24) is 0 Å². The molecule has 0 atom stereocenters. The first-order valence-corrected chi connectivity index (χ1v) is 7.51. The molecule has 102 valence electrons. The molecule has 2 rings (SSSR count). The van der Waals surface area contributed by atoms with Gasteiger partial charge in [0.2, 0.25) is 0 Å². The average molecular weight is 282 g/mol. The van der Waals surface area contributed by atoms with Crippen LogP contribution in [0.25, 0.3) is 0 Å². The largest absolute Gasteiger partial charge is 0.289 e. The van der Waals surface area contributed by atoms with Gasteiger partial charge in [-0.3, -0.25) is 10.1 Å². The van der Waals surface area contributed by atoms with E-state index in [9.17, 15) is 18.5 Å². The molecule has 1 fully saturated rings. The summed E-state index contributed by atoms with van der Waals surface area (Å²) in [6, 6.07) is 5.29. The Morgan fingerprint density at radius 2 is 1.74 bits per heavy atom. The molecule has 0 spiro atoms. The summed E-state index contributed by atoms with van der Waals surface area (Å²) in [5.41, 5.74) is 0.187. The van der Waals surface area contributed by atoms with E-state index in [0.717, 1.165) is 19.3 Å². The summed E-state index contributed by atoms with van der Waals surface area (Å²) >= 11 is 0. The molecule has 6 nitrogen and oxygen atoms in total. The van der Waals surface area contributed by atoms with Crippen LogP contribution in [-0.4, -0.2) is 19.1 Å². The lowest BCUT2D eigenvalue weighted by Gasteiger charge is -2.11. The maximum atomic E-state index is 12.1. The van der Waals surface area contributed by atoms with Crippen LogP contribution in [0.2, 0.25) is 0 Å². The van der Waals surface area contributed by atoms with Crippen molar-refractivity contribution in [2.45, 2.75) is 37.0 Å². The fraction of sp³-hybridized carbons (Fsp3) is 0.417. The average Bonchev–Trinajstić information content (AvgIpc) is 2.39. The van der Waals surface area contributed by atoms with Gasteiger partial charge in [-0.15, -0.1) is 0 Å². The third-order valence-electron chi connectivity index (χ3n) is 3.02. The summed E-state index contributed by atoms with van der Waals surface area (Å²) in [7, 11) is -3.99. The molecule has 1 aliphatic carbocycles. The Hall–Kier alpha value is -1.76. The summed E-state index contributed by atoms with van der Waals surface area (Å²) in [4.78, 5) is 9.82. The van der Waals surface area contributed by atoms with Crippen molar-refractivity contribution in [1.29, 1.82) is 0 Å². The molecule has 1 aromatic rings. The van der Waals surface area contributed by atoms with E-state index in [4.69, 9.17) is 0 Å². The number of rotatable bonds is 3. The Kier molecular flexibility index (Phi) is 3.94. The van der Waals surface area contributed by atoms with Gasteiger partial charge in [0.05, 0.1) is 4.92 Å². The SMILES string of the molecule is O=[N+]([O-])c1ccccc1S(=O)(=O)N=C1CCCCC1. The fourth-order valence-corrected chi connectivity index (χ4v) is 3.37. The zero-order chi connectivity index (χ0) is 13.9. The van der Waals surface area contributed by atoms with Gasteiger partial charge in [0, 0.05) is 11.8 Å². The van der Waals surface area contributed by atoms with Crippen molar-refractivity contribution < 1.29 is 13.3 Å². The molecule has 0 aromatic heterocycles. The lowest BCUT2D eigenvalue weighted by molar-refractivity contribution is -0.387. The van der Waals surface area contributed by atoms with E-state index in [-0.39, 0.29) is 4.90 Å². The molecule has 0 unspecified atom stereocenters. The summed E-state index contributed by atoms with van der Waals surface area (Å²) < 4.78 is 28.0. The number of sulfonamides is 1. The third-order valence-corrected chi connectivity index (χ3v) is 4.42. The molecule has 0 saturated heterocycles. The molecule has 0 bridgehead atoms. The third kappa shape index (κ3) is 3.17. The zero-order valence-corrected chi connectivity index (χ0v) is 11.1. The summed E-state index contributed by atoms with van der Waals surface area (Å²) in [6.45, 7) is 0. The standard InChI is InChI=1S/C12H14N2O4S/c15-14(16)11-8-4-5-9-12(11)19(17,18)13-10-6-2-1-3-7-10/h4-5,8-9H,1-3,6-7H2. The molecule has 1 saturated carbocycles. The molecule has 19 heavy (non-hydrogen) atoms. The van der Waals surface area contributed by atoms with Crippen LogP contribution in [0.1, 0.15) is 32.1 Å². The normalized spacial score (nSPS) is 16.1. The smallest absolute Gasteiger partial charge is 0.258 e. The molecule has 0 N–H and O–H groups in total. The van der Waals surface area contributed by atoms with Gasteiger partial charge in [-0.2, -0.15) is 12.8 Å². The lowest BCUT2D eigenvalue weighted by atomic mass is 9.99. The van der Waals surface area contributed by atoms with Crippen LogP contribution in [0, 0.1) is 10.1 Å². The molecule has 1 aromatic carbocycles. The van der Waals surface area contributed by atoms with Crippen molar-refractivity contribution in [3.8, 4) is 0 Å². The van der Waals surface area contributed by atoms with E-state index >= 15 is 0 Å². The van der Waals surface area contributed by atoms with Crippen LogP contribution in [0.4, 0.5) is 5.69 Å². The fourth-order valence-electron chi connectivity index (χ4n) is 2.10. The van der Waals surface area contributed by atoms with Gasteiger partial charge < -0.3 is 0 Å². The second-order valence-electron chi connectivity index (χ2n) is 4.42. The van der Waals surface area contributed by atoms with Crippen LogP contribution >= 0.6 is 0 Å². The highest BCUT2D eigenvalue weighted by Gasteiger charge is 2.25. The number of hydrogen-bond donors (Lipinski definition) is 0. The molecular weight excluding hydrogens is 268 g/mol. The van der Waals surface area contributed by atoms with Crippen molar-refractivity contribution in [3.63, 3.8) is 0 Å². The number of benzene rings is 1. The van der Waals surface area contributed by atoms with E-state index in [2.05, 4.69) is 4.40 Å². The number of para-hydroxylation sites is 1. The minimum atomic E-state index is -3.99. The Morgan fingerprint density at radius 3 is 2.37 bits per heavy atom. The highest BCUT2D eigenvalue weighted by atomic mass is 32.2. The van der Waals surface area contributed by atoms with E-state index in [1.54, 1.807) is 0 Å². The first kappa shape index (κ1) is 13.7. The quantitative estimate of drug-likeness (QED) is 0.629. The first-order valence-electron chi connectivity index (χ1n) is 6.07. The Bertz CT molecular complexity index is 614. The second-order valence-corrected chi connectivity index (χ2v) is 5.99. The molecule has 0 heterocycles. The first-order chi connectivity index (χ1) is 9.00. The Balaban J connectivity index is 2.42. The van der Waals surface area contributed by atoms with Gasteiger partial charge in [-0.25, -0.2) is 0 Å². The molecule has 0 radical (unpaired) electrons. The van der Waals surface area contributed by atoms with Gasteiger partial charge in [0.1, 0.15) is 0 Å². The number of nitrogens with zero attached hydrogens (tertiary/aromatic N) is 2. The number of nitro benzene ring substituents is 1. The number of hydrogen-bond acceptors (Lipinski definition) is 4. The van der Waals surface area contributed by atoms with Gasteiger partial charge in [-0.1, -0.05) is 18.6 Å². The topological polar surface area (TPSA) is 89.6 Å². The molecule has 7 heteroatoms. The van der Waals surface area contributed by atoms with Crippen molar-refractivity contribution >= 4 is 21.4 Å². The van der Waals surface area contributed by atoms with Crippen LogP contribution in [0.5, 0.6) is 0 Å². The Labute approximate surface area is 111 Å². The zero-order valence-electron chi connectivity index (χ0n) is 10.3. The maximum Gasteiger partial charge on any atom is 0.289 e. The van der Waals surface area contributed by atoms with Crippen molar-refractivity contribution in [3.05, 3.63) is 34.4 Å². The predicted molar refractivity (Wildman–Crippen MR) is 70.8 cm³/mol. The minimum Gasteiger partial charge on any atom is -0.258 e. The summed E-state index contributed by atoms with van der Waals surface area (Å²) in [5, 5.41) is 10.9. The monoisotopic (exact) mass is 282 g/mol. The van der Waals surface area contributed by atoms with Gasteiger partial charge in [0.25, 0.3) is 15.7 Å². The van der Waals surface area contributed by atoms with Crippen LogP contribution in [0.3, 0.4) is 0 Å². The second kappa shape index (κ2) is 5.48. The van der Waals surface area contributed by atoms with E-state index in [1.165, 1.54) is 24.3 Å². The predicted octanol–water partition coefficient (Wildman–Crippen LogP) is 2.69. The van der Waals surface area contributed by atoms with E-state index in [0.29, 0.717) is 18.6 Å². The molecule has 1 aliphatic rings. The molecule has 0 amide bonds. The number of nitro groups is 1. The lowest BCUT2D eigenvalue weighted by Crippen LogP contribution is -2.10. The maximum absolute atomic E-state index is 12.1. The molecule has 0 aliphatic heterocycles. The van der Waals surface area contributed by atoms with Crippen LogP contribution in [0.15, 0.2) is 33.6 Å². The van der Waals surface area contributed by atoms with E-state index < -0.39 is 20.6 Å². The van der Waals surface area contributed by atoms with Crippen molar-refractivity contribution in [2.24, 2.45) is 4.40 Å². The van der Waals surface area contributed by atoms with Crippen molar-refractivity contribution in [2.75, 3.05) is 0 Å².